The van der Waals surface area contributed by atoms with Gasteiger partial charge in [0.25, 0.3) is 0 Å². The summed E-state index contributed by atoms with van der Waals surface area (Å²) in [4.78, 5) is 14.1. The lowest BCUT2D eigenvalue weighted by molar-refractivity contribution is -0.120. The molecule has 1 aliphatic rings. The quantitative estimate of drug-likeness (QED) is 0.743. The van der Waals surface area contributed by atoms with Gasteiger partial charge in [-0.25, -0.2) is 8.42 Å². The Bertz CT molecular complexity index is 881. The largest absolute Gasteiger partial charge is 0.369 e. The fourth-order valence-corrected chi connectivity index (χ4v) is 4.63. The lowest BCUT2D eigenvalue weighted by atomic mass is 10.1. The van der Waals surface area contributed by atoms with Gasteiger partial charge >= 0.3 is 0 Å². The first-order chi connectivity index (χ1) is 13.4. The summed E-state index contributed by atoms with van der Waals surface area (Å²) in [5.41, 5.74) is 1.94. The minimum atomic E-state index is -3.39. The first-order valence-electron chi connectivity index (χ1n) is 9.23. The van der Waals surface area contributed by atoms with Gasteiger partial charge in [-0.2, -0.15) is 4.31 Å². The van der Waals surface area contributed by atoms with Crippen molar-refractivity contribution >= 4 is 33.2 Å². The van der Waals surface area contributed by atoms with Crippen molar-refractivity contribution in [2.75, 3.05) is 43.4 Å². The summed E-state index contributed by atoms with van der Waals surface area (Å²) in [5, 5.41) is 3.38. The van der Waals surface area contributed by atoms with Crippen LogP contribution in [0, 0.1) is 0 Å². The van der Waals surface area contributed by atoms with Gasteiger partial charge < -0.3 is 10.2 Å². The molecule has 1 aliphatic heterocycles. The predicted octanol–water partition coefficient (Wildman–Crippen LogP) is 2.15. The Kier molecular flexibility index (Phi) is 6.93. The molecule has 0 bridgehead atoms. The summed E-state index contributed by atoms with van der Waals surface area (Å²) in [6.07, 6.45) is 0.251. The molecule has 0 atom stereocenters. The molecule has 1 fully saturated rings. The van der Waals surface area contributed by atoms with E-state index in [0.29, 0.717) is 31.2 Å². The molecule has 0 saturated carbocycles. The predicted molar refractivity (Wildman–Crippen MR) is 112 cm³/mol. The van der Waals surface area contributed by atoms with E-state index in [1.165, 1.54) is 4.31 Å². The van der Waals surface area contributed by atoms with E-state index in [1.807, 2.05) is 54.6 Å². The summed E-state index contributed by atoms with van der Waals surface area (Å²) in [6.45, 7) is 2.24. The molecule has 150 valence electrons. The van der Waals surface area contributed by atoms with E-state index in [2.05, 4.69) is 10.2 Å². The summed E-state index contributed by atoms with van der Waals surface area (Å²) in [6, 6.07) is 16.9. The monoisotopic (exact) mass is 421 g/mol. The Morgan fingerprint density at radius 1 is 0.964 bits per heavy atom. The van der Waals surface area contributed by atoms with E-state index in [0.717, 1.165) is 11.3 Å². The van der Waals surface area contributed by atoms with Crippen LogP contribution in [0.15, 0.2) is 54.6 Å². The highest BCUT2D eigenvalue weighted by molar-refractivity contribution is 7.89. The van der Waals surface area contributed by atoms with Crippen molar-refractivity contribution in [1.82, 2.24) is 9.62 Å². The lowest BCUT2D eigenvalue weighted by Crippen LogP contribution is -2.50. The number of rotatable bonds is 7. The number of hydrogen-bond acceptors (Lipinski definition) is 4. The van der Waals surface area contributed by atoms with Crippen LogP contribution in [0.3, 0.4) is 0 Å². The van der Waals surface area contributed by atoms with Crippen molar-refractivity contribution in [3.8, 4) is 0 Å². The van der Waals surface area contributed by atoms with Gasteiger partial charge in [-0.3, -0.25) is 4.79 Å². The fourth-order valence-electron chi connectivity index (χ4n) is 3.17. The molecule has 1 saturated heterocycles. The Morgan fingerprint density at radius 3 is 2.25 bits per heavy atom. The van der Waals surface area contributed by atoms with Crippen LogP contribution in [-0.2, 0) is 21.2 Å². The van der Waals surface area contributed by atoms with E-state index in [4.69, 9.17) is 11.6 Å². The molecule has 6 nitrogen and oxygen atoms in total. The van der Waals surface area contributed by atoms with Crippen molar-refractivity contribution in [1.29, 1.82) is 0 Å². The molecule has 0 spiro atoms. The fraction of sp³-hybridized carbons (Fsp3) is 0.350. The van der Waals surface area contributed by atoms with Crippen LogP contribution in [-0.4, -0.2) is 57.1 Å². The van der Waals surface area contributed by atoms with Gasteiger partial charge in [0.05, 0.1) is 12.2 Å². The molecule has 3 rings (SSSR count). The topological polar surface area (TPSA) is 69.7 Å². The highest BCUT2D eigenvalue weighted by atomic mass is 35.5. The second-order valence-corrected chi connectivity index (χ2v) is 9.22. The van der Waals surface area contributed by atoms with Crippen molar-refractivity contribution in [2.24, 2.45) is 0 Å². The third kappa shape index (κ3) is 5.70. The van der Waals surface area contributed by atoms with E-state index >= 15 is 0 Å². The Hall–Kier alpha value is -2.09. The van der Waals surface area contributed by atoms with Crippen LogP contribution >= 0.6 is 11.6 Å². The number of halogens is 1. The molecule has 8 heteroatoms. The molecule has 1 amide bonds. The number of carbonyl (C=O) groups excluding carboxylic acids is 1. The average Bonchev–Trinajstić information content (AvgIpc) is 2.69. The summed E-state index contributed by atoms with van der Waals surface area (Å²) in [5.74, 6) is -0.261. The van der Waals surface area contributed by atoms with Crippen LogP contribution in [0.25, 0.3) is 0 Å². The zero-order valence-corrected chi connectivity index (χ0v) is 17.1. The highest BCUT2D eigenvalue weighted by Gasteiger charge is 2.26. The molecule has 1 heterocycles. The molecular weight excluding hydrogens is 398 g/mol. The van der Waals surface area contributed by atoms with Crippen molar-refractivity contribution in [3.63, 3.8) is 0 Å². The van der Waals surface area contributed by atoms with Gasteiger partial charge in [0.2, 0.25) is 15.9 Å². The molecule has 0 radical (unpaired) electrons. The molecule has 0 unspecified atom stereocenters. The maximum absolute atomic E-state index is 12.6. The second-order valence-electron chi connectivity index (χ2n) is 6.69. The molecule has 28 heavy (non-hydrogen) atoms. The van der Waals surface area contributed by atoms with Gasteiger partial charge in [-0.05, 0) is 29.8 Å². The average molecular weight is 422 g/mol. The molecular formula is C20H24ClN3O3S. The van der Waals surface area contributed by atoms with E-state index in [1.54, 1.807) is 0 Å². The first kappa shape index (κ1) is 20.6. The third-order valence-corrected chi connectivity index (χ3v) is 6.84. The summed E-state index contributed by atoms with van der Waals surface area (Å²) < 4.78 is 26.6. The van der Waals surface area contributed by atoms with Crippen molar-refractivity contribution in [2.45, 2.75) is 6.42 Å². The number of hydrogen-bond donors (Lipinski definition) is 1. The van der Waals surface area contributed by atoms with E-state index in [-0.39, 0.29) is 24.6 Å². The minimum absolute atomic E-state index is 0.0888. The molecule has 2 aromatic carbocycles. The minimum Gasteiger partial charge on any atom is -0.369 e. The van der Waals surface area contributed by atoms with Gasteiger partial charge in [-0.15, -0.1) is 0 Å². The maximum Gasteiger partial charge on any atom is 0.224 e. The van der Waals surface area contributed by atoms with Crippen LogP contribution in [0.2, 0.25) is 5.02 Å². The smallest absolute Gasteiger partial charge is 0.224 e. The summed E-state index contributed by atoms with van der Waals surface area (Å²) in [7, 11) is -3.39. The number of sulfonamides is 1. The van der Waals surface area contributed by atoms with E-state index in [9.17, 15) is 13.2 Å². The molecule has 0 aromatic heterocycles. The Labute approximate surface area is 171 Å². The number of benzene rings is 2. The van der Waals surface area contributed by atoms with Gasteiger partial charge in [-0.1, -0.05) is 41.9 Å². The van der Waals surface area contributed by atoms with E-state index < -0.39 is 10.0 Å². The van der Waals surface area contributed by atoms with Crippen LogP contribution in [0.1, 0.15) is 5.56 Å². The number of nitrogens with zero attached hydrogens (tertiary/aromatic N) is 2. The highest BCUT2D eigenvalue weighted by Crippen LogP contribution is 2.20. The normalized spacial score (nSPS) is 15.4. The van der Waals surface area contributed by atoms with Crippen LogP contribution in [0.4, 0.5) is 5.69 Å². The van der Waals surface area contributed by atoms with Crippen LogP contribution < -0.4 is 10.2 Å². The number of piperazine rings is 1. The number of anilines is 1. The SMILES string of the molecule is O=C(Cc1ccccc1)NCCS(=O)(=O)N1CCN(c2ccc(Cl)cc2)CC1. The standard InChI is InChI=1S/C20H24ClN3O3S/c21-18-6-8-19(9-7-18)23-11-13-24(14-12-23)28(26,27)15-10-22-20(25)16-17-4-2-1-3-5-17/h1-9H,10-16H2,(H,22,25). The van der Waals surface area contributed by atoms with Crippen molar-refractivity contribution in [3.05, 3.63) is 65.2 Å². The van der Waals surface area contributed by atoms with Crippen molar-refractivity contribution < 1.29 is 13.2 Å². The first-order valence-corrected chi connectivity index (χ1v) is 11.2. The number of carbonyl (C=O) groups is 1. The van der Waals surface area contributed by atoms with Crippen LogP contribution in [0.5, 0.6) is 0 Å². The Morgan fingerprint density at radius 2 is 1.61 bits per heavy atom. The van der Waals surface area contributed by atoms with Gasteiger partial charge in [0, 0.05) is 43.4 Å². The third-order valence-electron chi connectivity index (χ3n) is 4.71. The zero-order valence-electron chi connectivity index (χ0n) is 15.6. The second kappa shape index (κ2) is 9.41. The zero-order chi connectivity index (χ0) is 20.0. The van der Waals surface area contributed by atoms with Gasteiger partial charge in [0.15, 0.2) is 0 Å². The number of nitrogens with one attached hydrogen (secondary N) is 1. The van der Waals surface area contributed by atoms with Gasteiger partial charge in [0.1, 0.15) is 0 Å². The number of amides is 1. The molecule has 0 aliphatic carbocycles. The molecule has 1 N–H and O–H groups in total. The summed E-state index contributed by atoms with van der Waals surface area (Å²) >= 11 is 5.91. The molecule has 2 aromatic rings. The lowest BCUT2D eigenvalue weighted by Gasteiger charge is -2.35. The maximum atomic E-state index is 12.6. The Balaban J connectivity index is 1.43.